The molecule has 0 aliphatic heterocycles. The van der Waals surface area contributed by atoms with Crippen molar-refractivity contribution in [1.82, 2.24) is 9.97 Å². The van der Waals surface area contributed by atoms with E-state index in [1.165, 1.54) is 0 Å². The third-order valence-electron chi connectivity index (χ3n) is 3.37. The molecule has 0 saturated heterocycles. The minimum Gasteiger partial charge on any atom is -0.368 e. The van der Waals surface area contributed by atoms with E-state index in [0.29, 0.717) is 23.9 Å². The van der Waals surface area contributed by atoms with E-state index in [2.05, 4.69) is 15.3 Å². The van der Waals surface area contributed by atoms with E-state index in [1.807, 2.05) is 52.0 Å². The number of aryl methyl sites for hydroxylation is 2. The molecule has 1 amide bonds. The first kappa shape index (κ1) is 16.9. The zero-order valence-corrected chi connectivity index (χ0v) is 14.4. The Balaban J connectivity index is 2.36. The van der Waals surface area contributed by atoms with E-state index < -0.39 is 0 Å². The summed E-state index contributed by atoms with van der Waals surface area (Å²) >= 11 is 0. The Morgan fingerprint density at radius 1 is 1.22 bits per heavy atom. The molecule has 0 radical (unpaired) electrons. The lowest BCUT2D eigenvalue weighted by Crippen LogP contribution is -2.31. The number of nitrogens with one attached hydrogen (secondary N) is 1. The molecule has 1 N–H and O–H groups in total. The number of rotatable bonds is 5. The molecule has 2 rings (SSSR count). The monoisotopic (exact) mass is 312 g/mol. The molecule has 2 aromatic rings. The van der Waals surface area contributed by atoms with E-state index >= 15 is 0 Å². The van der Waals surface area contributed by atoms with Gasteiger partial charge in [0, 0.05) is 24.3 Å². The number of anilines is 2. The van der Waals surface area contributed by atoms with Crippen LogP contribution in [-0.2, 0) is 0 Å². The van der Waals surface area contributed by atoms with Gasteiger partial charge in [-0.05, 0) is 52.3 Å². The lowest BCUT2D eigenvalue weighted by Gasteiger charge is -2.21. The van der Waals surface area contributed by atoms with Gasteiger partial charge in [-0.3, -0.25) is 4.79 Å². The van der Waals surface area contributed by atoms with Crippen LogP contribution in [0.5, 0.6) is 0 Å². The van der Waals surface area contributed by atoms with Gasteiger partial charge in [0.2, 0.25) is 0 Å². The van der Waals surface area contributed by atoms with Gasteiger partial charge in [0.1, 0.15) is 17.3 Å². The maximum Gasteiger partial charge on any atom is 0.277 e. The molecule has 0 atom stereocenters. The van der Waals surface area contributed by atoms with E-state index in [1.54, 1.807) is 17.9 Å². The van der Waals surface area contributed by atoms with Gasteiger partial charge < -0.3 is 10.2 Å². The SMILES string of the molecule is CCN(C(=O)c1cc(NC(C)C)nc(C)n1)c1cccc(C)c1. The first-order valence-electron chi connectivity index (χ1n) is 7.91. The van der Waals surface area contributed by atoms with Crippen molar-refractivity contribution in [2.24, 2.45) is 0 Å². The van der Waals surface area contributed by atoms with E-state index in [9.17, 15) is 4.79 Å². The van der Waals surface area contributed by atoms with Crippen molar-refractivity contribution >= 4 is 17.4 Å². The fourth-order valence-corrected chi connectivity index (χ4v) is 2.42. The van der Waals surface area contributed by atoms with Crippen molar-refractivity contribution < 1.29 is 4.79 Å². The second-order valence-electron chi connectivity index (χ2n) is 5.87. The van der Waals surface area contributed by atoms with Gasteiger partial charge in [-0.25, -0.2) is 9.97 Å². The number of aromatic nitrogens is 2. The number of hydrogen-bond donors (Lipinski definition) is 1. The Morgan fingerprint density at radius 2 is 1.96 bits per heavy atom. The van der Waals surface area contributed by atoms with Gasteiger partial charge >= 0.3 is 0 Å². The third kappa shape index (κ3) is 4.28. The average molecular weight is 312 g/mol. The quantitative estimate of drug-likeness (QED) is 0.917. The molecular formula is C18H24N4O. The van der Waals surface area contributed by atoms with Crippen molar-refractivity contribution in [2.75, 3.05) is 16.8 Å². The Kier molecular flexibility index (Phi) is 5.32. The average Bonchev–Trinajstić information content (AvgIpc) is 2.46. The van der Waals surface area contributed by atoms with Crippen LogP contribution >= 0.6 is 0 Å². The second-order valence-corrected chi connectivity index (χ2v) is 5.87. The normalized spacial score (nSPS) is 10.7. The highest BCUT2D eigenvalue weighted by Crippen LogP contribution is 2.19. The summed E-state index contributed by atoms with van der Waals surface area (Å²) < 4.78 is 0. The van der Waals surface area contributed by atoms with E-state index in [4.69, 9.17) is 0 Å². The Labute approximate surface area is 137 Å². The summed E-state index contributed by atoms with van der Waals surface area (Å²) in [4.78, 5) is 23.3. The highest BCUT2D eigenvalue weighted by molar-refractivity contribution is 6.05. The Bertz CT molecular complexity index is 697. The first-order valence-corrected chi connectivity index (χ1v) is 7.91. The molecule has 0 bridgehead atoms. The summed E-state index contributed by atoms with van der Waals surface area (Å²) in [7, 11) is 0. The topological polar surface area (TPSA) is 58.1 Å². The minimum absolute atomic E-state index is 0.115. The number of nitrogens with zero attached hydrogens (tertiary/aromatic N) is 3. The number of amides is 1. The van der Waals surface area contributed by atoms with Gasteiger partial charge in [-0.1, -0.05) is 12.1 Å². The minimum atomic E-state index is -0.115. The number of hydrogen-bond acceptors (Lipinski definition) is 4. The van der Waals surface area contributed by atoms with Crippen LogP contribution in [0.25, 0.3) is 0 Å². The number of carbonyl (C=O) groups is 1. The van der Waals surface area contributed by atoms with Gasteiger partial charge in [0.15, 0.2) is 0 Å². The van der Waals surface area contributed by atoms with Gasteiger partial charge in [0.25, 0.3) is 5.91 Å². The summed E-state index contributed by atoms with van der Waals surface area (Å²) in [6.07, 6.45) is 0. The molecule has 23 heavy (non-hydrogen) atoms. The highest BCUT2D eigenvalue weighted by atomic mass is 16.2. The molecule has 5 nitrogen and oxygen atoms in total. The van der Waals surface area contributed by atoms with E-state index in [-0.39, 0.29) is 11.9 Å². The Hall–Kier alpha value is -2.43. The van der Waals surface area contributed by atoms with Crippen LogP contribution in [0.3, 0.4) is 0 Å². The maximum absolute atomic E-state index is 12.9. The molecule has 0 aliphatic carbocycles. The summed E-state index contributed by atoms with van der Waals surface area (Å²) in [5.41, 5.74) is 2.41. The molecule has 0 saturated carbocycles. The largest absolute Gasteiger partial charge is 0.368 e. The number of carbonyl (C=O) groups excluding carboxylic acids is 1. The van der Waals surface area contributed by atoms with Gasteiger partial charge in [-0.2, -0.15) is 0 Å². The molecule has 1 aromatic carbocycles. The third-order valence-corrected chi connectivity index (χ3v) is 3.37. The molecule has 122 valence electrons. The van der Waals surface area contributed by atoms with Crippen molar-refractivity contribution in [3.63, 3.8) is 0 Å². The molecule has 0 aliphatic rings. The molecule has 1 heterocycles. The van der Waals surface area contributed by atoms with Crippen LogP contribution < -0.4 is 10.2 Å². The van der Waals surface area contributed by atoms with Crippen molar-refractivity contribution in [3.8, 4) is 0 Å². The molecule has 1 aromatic heterocycles. The zero-order chi connectivity index (χ0) is 17.0. The van der Waals surface area contributed by atoms with Gasteiger partial charge in [-0.15, -0.1) is 0 Å². The lowest BCUT2D eigenvalue weighted by atomic mass is 10.2. The smallest absolute Gasteiger partial charge is 0.277 e. The van der Waals surface area contributed by atoms with Crippen molar-refractivity contribution in [1.29, 1.82) is 0 Å². The first-order chi connectivity index (χ1) is 10.9. The second kappa shape index (κ2) is 7.22. The van der Waals surface area contributed by atoms with Crippen LogP contribution in [0.4, 0.5) is 11.5 Å². The van der Waals surface area contributed by atoms with Crippen LogP contribution in [0.1, 0.15) is 42.6 Å². The van der Waals surface area contributed by atoms with Crippen LogP contribution in [0, 0.1) is 13.8 Å². The molecule has 0 spiro atoms. The molecule has 0 fully saturated rings. The zero-order valence-electron chi connectivity index (χ0n) is 14.4. The summed E-state index contributed by atoms with van der Waals surface area (Å²) in [6, 6.07) is 9.87. The predicted octanol–water partition coefficient (Wildman–Crippen LogP) is 3.58. The van der Waals surface area contributed by atoms with E-state index in [0.717, 1.165) is 11.3 Å². The van der Waals surface area contributed by atoms with Crippen molar-refractivity contribution in [2.45, 2.75) is 40.7 Å². The van der Waals surface area contributed by atoms with Crippen LogP contribution in [-0.4, -0.2) is 28.5 Å². The summed E-state index contributed by atoms with van der Waals surface area (Å²) in [5, 5.41) is 3.22. The fourth-order valence-electron chi connectivity index (χ4n) is 2.42. The van der Waals surface area contributed by atoms with Gasteiger partial charge in [0.05, 0.1) is 0 Å². The summed E-state index contributed by atoms with van der Waals surface area (Å²) in [5.74, 6) is 1.14. The number of benzene rings is 1. The Morgan fingerprint density at radius 3 is 2.57 bits per heavy atom. The van der Waals surface area contributed by atoms with Crippen LogP contribution in [0.2, 0.25) is 0 Å². The van der Waals surface area contributed by atoms with Crippen LogP contribution in [0.15, 0.2) is 30.3 Å². The molecular weight excluding hydrogens is 288 g/mol. The maximum atomic E-state index is 12.9. The predicted molar refractivity (Wildman–Crippen MR) is 94.1 cm³/mol. The fraction of sp³-hybridized carbons (Fsp3) is 0.389. The molecule has 0 unspecified atom stereocenters. The lowest BCUT2D eigenvalue weighted by molar-refractivity contribution is 0.0983. The van der Waals surface area contributed by atoms with Crippen molar-refractivity contribution in [3.05, 3.63) is 47.4 Å². The summed E-state index contributed by atoms with van der Waals surface area (Å²) in [6.45, 7) is 10.4. The standard InChI is InChI=1S/C18H24N4O/c1-6-22(15-9-7-8-13(4)10-15)18(23)16-11-17(19-12(2)3)21-14(5)20-16/h7-12H,6H2,1-5H3,(H,19,20,21). The molecule has 5 heteroatoms. The highest BCUT2D eigenvalue weighted by Gasteiger charge is 2.19.